The van der Waals surface area contributed by atoms with Gasteiger partial charge in [0.25, 0.3) is 0 Å². The smallest absolute Gasteiger partial charge is 0.143 e. The molecular weight excluding hydrogens is 234 g/mol. The Bertz CT molecular complexity index is 311. The zero-order chi connectivity index (χ0) is 11.6. The van der Waals surface area contributed by atoms with E-state index in [0.717, 1.165) is 32.2 Å². The zero-order valence-corrected chi connectivity index (χ0v) is 11.8. The Labute approximate surface area is 111 Å². The van der Waals surface area contributed by atoms with Crippen molar-refractivity contribution >= 4 is 18.2 Å². The fourth-order valence-electron chi connectivity index (χ4n) is 3.21. The average molecular weight is 258 g/mol. The summed E-state index contributed by atoms with van der Waals surface area (Å²) in [6, 6.07) is 0. The van der Waals surface area contributed by atoms with Crippen LogP contribution in [0.15, 0.2) is 11.6 Å². The van der Waals surface area contributed by atoms with E-state index in [1.165, 1.54) is 24.8 Å². The molecular formula is C14H24ClNO. The zero-order valence-electron chi connectivity index (χ0n) is 11.0. The third kappa shape index (κ3) is 2.92. The minimum Gasteiger partial charge on any atom is -0.309 e. The van der Waals surface area contributed by atoms with Crippen LogP contribution in [0.5, 0.6) is 0 Å². The van der Waals surface area contributed by atoms with Crippen LogP contribution in [0.25, 0.3) is 0 Å². The van der Waals surface area contributed by atoms with Crippen LogP contribution >= 0.6 is 12.4 Å². The second-order valence-corrected chi connectivity index (χ2v) is 5.53. The van der Waals surface area contributed by atoms with Gasteiger partial charge in [-0.3, -0.25) is 4.79 Å². The van der Waals surface area contributed by atoms with E-state index in [-0.39, 0.29) is 17.8 Å². The maximum atomic E-state index is 12.2. The van der Waals surface area contributed by atoms with Crippen molar-refractivity contribution in [3.05, 3.63) is 11.6 Å². The Hall–Kier alpha value is -0.340. The molecule has 0 aromatic rings. The molecule has 0 saturated heterocycles. The number of allylic oxidation sites excluding steroid dienone is 2. The Morgan fingerprint density at radius 1 is 1.29 bits per heavy atom. The van der Waals surface area contributed by atoms with Crippen molar-refractivity contribution in [2.75, 3.05) is 20.6 Å². The average Bonchev–Trinajstić information content (AvgIpc) is 2.84. The molecule has 1 atom stereocenters. The second kappa shape index (κ2) is 6.01. The second-order valence-electron chi connectivity index (χ2n) is 5.53. The predicted octanol–water partition coefficient (Wildman–Crippen LogP) is 3.21. The van der Waals surface area contributed by atoms with Crippen molar-refractivity contribution in [1.29, 1.82) is 0 Å². The van der Waals surface area contributed by atoms with Gasteiger partial charge in [-0.25, -0.2) is 0 Å². The van der Waals surface area contributed by atoms with Crippen LogP contribution in [0, 0.1) is 5.41 Å². The molecule has 0 aromatic heterocycles. The first-order chi connectivity index (χ1) is 7.65. The summed E-state index contributed by atoms with van der Waals surface area (Å²) in [7, 11) is 4.19. The summed E-state index contributed by atoms with van der Waals surface area (Å²) >= 11 is 0. The van der Waals surface area contributed by atoms with Crippen molar-refractivity contribution < 1.29 is 4.79 Å². The van der Waals surface area contributed by atoms with Crippen molar-refractivity contribution in [3.8, 4) is 0 Å². The number of hydrogen-bond donors (Lipinski definition) is 0. The van der Waals surface area contributed by atoms with Crippen molar-refractivity contribution in [2.45, 2.75) is 44.9 Å². The number of nitrogens with zero attached hydrogens (tertiary/aromatic N) is 1. The molecule has 1 saturated carbocycles. The largest absolute Gasteiger partial charge is 0.309 e. The first-order valence-electron chi connectivity index (χ1n) is 6.53. The van der Waals surface area contributed by atoms with Crippen molar-refractivity contribution in [1.82, 2.24) is 4.90 Å². The third-order valence-corrected chi connectivity index (χ3v) is 4.18. The molecule has 0 radical (unpaired) electrons. The van der Waals surface area contributed by atoms with Crippen molar-refractivity contribution in [3.63, 3.8) is 0 Å². The standard InChI is InChI=1S/C14H23NO.ClH/c1-15(2)11-10-14(9-5-8-13(14)16)12-6-3-4-7-12;/h6H,3-5,7-11H2,1-2H3;1H. The molecule has 2 nitrogen and oxygen atoms in total. The molecule has 0 spiro atoms. The van der Waals surface area contributed by atoms with Gasteiger partial charge in [0, 0.05) is 6.42 Å². The van der Waals surface area contributed by atoms with E-state index in [1.54, 1.807) is 0 Å². The monoisotopic (exact) mass is 257 g/mol. The number of carbonyl (C=O) groups excluding carboxylic acids is 1. The van der Waals surface area contributed by atoms with Crippen LogP contribution in [0.2, 0.25) is 0 Å². The molecule has 2 rings (SSSR count). The van der Waals surface area contributed by atoms with Gasteiger partial charge in [-0.2, -0.15) is 0 Å². The molecule has 0 aromatic carbocycles. The number of halogens is 1. The van der Waals surface area contributed by atoms with E-state index in [9.17, 15) is 4.79 Å². The highest BCUT2D eigenvalue weighted by atomic mass is 35.5. The highest BCUT2D eigenvalue weighted by Crippen LogP contribution is 2.47. The Morgan fingerprint density at radius 2 is 2.06 bits per heavy atom. The molecule has 98 valence electrons. The summed E-state index contributed by atoms with van der Waals surface area (Å²) in [6.07, 6.45) is 10.0. The van der Waals surface area contributed by atoms with Gasteiger partial charge in [-0.1, -0.05) is 11.6 Å². The lowest BCUT2D eigenvalue weighted by Gasteiger charge is -2.30. The van der Waals surface area contributed by atoms with Crippen LogP contribution in [0.3, 0.4) is 0 Å². The lowest BCUT2D eigenvalue weighted by atomic mass is 9.74. The molecule has 17 heavy (non-hydrogen) atoms. The van der Waals surface area contributed by atoms with Crippen LogP contribution in [0.1, 0.15) is 44.9 Å². The minimum atomic E-state index is -0.0548. The number of hydrogen-bond acceptors (Lipinski definition) is 2. The minimum absolute atomic E-state index is 0. The molecule has 0 aliphatic heterocycles. The van der Waals surface area contributed by atoms with Gasteiger partial charge in [0.2, 0.25) is 0 Å². The lowest BCUT2D eigenvalue weighted by molar-refractivity contribution is -0.124. The first kappa shape index (κ1) is 14.7. The summed E-state index contributed by atoms with van der Waals surface area (Å²) in [5.74, 6) is 0.516. The summed E-state index contributed by atoms with van der Waals surface area (Å²) in [6.45, 7) is 1.03. The Kier molecular flexibility index (Phi) is 5.21. The molecule has 0 bridgehead atoms. The van der Waals surface area contributed by atoms with E-state index in [4.69, 9.17) is 0 Å². The molecule has 3 heteroatoms. The highest BCUT2D eigenvalue weighted by Gasteiger charge is 2.44. The molecule has 1 unspecified atom stereocenters. The normalized spacial score (nSPS) is 28.4. The van der Waals surface area contributed by atoms with Gasteiger partial charge in [0.15, 0.2) is 0 Å². The third-order valence-electron chi connectivity index (χ3n) is 4.18. The Morgan fingerprint density at radius 3 is 2.53 bits per heavy atom. The van der Waals surface area contributed by atoms with Gasteiger partial charge < -0.3 is 4.90 Å². The highest BCUT2D eigenvalue weighted by molar-refractivity contribution is 5.90. The van der Waals surface area contributed by atoms with E-state index in [2.05, 4.69) is 25.1 Å². The van der Waals surface area contributed by atoms with Crippen LogP contribution < -0.4 is 0 Å². The van der Waals surface area contributed by atoms with E-state index in [0.29, 0.717) is 5.78 Å². The number of Topliss-reactive ketones (excluding diaryl/α,β-unsaturated/α-hetero) is 1. The first-order valence-corrected chi connectivity index (χ1v) is 6.53. The fourth-order valence-corrected chi connectivity index (χ4v) is 3.21. The number of rotatable bonds is 4. The summed E-state index contributed by atoms with van der Waals surface area (Å²) in [4.78, 5) is 14.4. The molecule has 0 heterocycles. The number of ketones is 1. The van der Waals surface area contributed by atoms with Gasteiger partial charge in [-0.05, 0) is 59.2 Å². The predicted molar refractivity (Wildman–Crippen MR) is 73.6 cm³/mol. The molecule has 0 N–H and O–H groups in total. The van der Waals surface area contributed by atoms with Crippen molar-refractivity contribution in [2.24, 2.45) is 5.41 Å². The van der Waals surface area contributed by atoms with Gasteiger partial charge in [0.05, 0.1) is 5.41 Å². The van der Waals surface area contributed by atoms with Gasteiger partial charge >= 0.3 is 0 Å². The van der Waals surface area contributed by atoms with Crippen LogP contribution in [-0.4, -0.2) is 31.3 Å². The summed E-state index contributed by atoms with van der Waals surface area (Å²) < 4.78 is 0. The SMILES string of the molecule is CN(C)CCC1(C2=CCCC2)CCCC1=O.Cl. The molecule has 1 fully saturated rings. The van der Waals surface area contributed by atoms with E-state index >= 15 is 0 Å². The van der Waals surface area contributed by atoms with E-state index < -0.39 is 0 Å². The van der Waals surface area contributed by atoms with E-state index in [1.807, 2.05) is 0 Å². The maximum absolute atomic E-state index is 12.2. The maximum Gasteiger partial charge on any atom is 0.143 e. The fraction of sp³-hybridized carbons (Fsp3) is 0.786. The number of carbonyl (C=O) groups is 1. The molecule has 2 aliphatic rings. The lowest BCUT2D eigenvalue weighted by Crippen LogP contribution is -2.32. The van der Waals surface area contributed by atoms with Crippen LogP contribution in [0.4, 0.5) is 0 Å². The summed E-state index contributed by atoms with van der Waals surface area (Å²) in [5, 5.41) is 0. The van der Waals surface area contributed by atoms with Crippen LogP contribution in [-0.2, 0) is 4.79 Å². The van der Waals surface area contributed by atoms with Gasteiger partial charge in [-0.15, -0.1) is 12.4 Å². The topological polar surface area (TPSA) is 20.3 Å². The van der Waals surface area contributed by atoms with Gasteiger partial charge in [0.1, 0.15) is 5.78 Å². The molecule has 0 amide bonds. The Balaban J connectivity index is 0.00000144. The molecule has 2 aliphatic carbocycles. The quantitative estimate of drug-likeness (QED) is 0.721. The summed E-state index contributed by atoms with van der Waals surface area (Å²) in [5.41, 5.74) is 1.41.